The molecule has 1 amide bonds. The fraction of sp³-hybridized carbons (Fsp3) is 0.316. The quantitative estimate of drug-likeness (QED) is 0.845. The van der Waals surface area contributed by atoms with Crippen LogP contribution in [0.2, 0.25) is 0 Å². The molecule has 0 radical (unpaired) electrons. The number of halogens is 1. The average Bonchev–Trinajstić information content (AvgIpc) is 2.52. The third-order valence-corrected chi connectivity index (χ3v) is 4.00. The standard InChI is InChI=1S/C19H22N2O2.ClH/c1-14-4-2-5-15(8-14)13-23-18-7-3-6-17(9-18)19(22)21-12-16-10-20-11-16;/h2-9,16,20H,10-13H2,1H3,(H,21,22);1H. The first-order chi connectivity index (χ1) is 11.2. The Kier molecular flexibility index (Phi) is 6.64. The highest BCUT2D eigenvalue weighted by atomic mass is 35.5. The van der Waals surface area contributed by atoms with E-state index in [1.165, 1.54) is 5.56 Å². The van der Waals surface area contributed by atoms with Crippen molar-refractivity contribution >= 4 is 18.3 Å². The van der Waals surface area contributed by atoms with Gasteiger partial charge in [0, 0.05) is 31.1 Å². The van der Waals surface area contributed by atoms with Gasteiger partial charge < -0.3 is 15.4 Å². The molecule has 0 saturated carbocycles. The lowest BCUT2D eigenvalue weighted by Gasteiger charge is -2.27. The Morgan fingerprint density at radius 3 is 2.71 bits per heavy atom. The summed E-state index contributed by atoms with van der Waals surface area (Å²) in [5.41, 5.74) is 2.97. The van der Waals surface area contributed by atoms with Crippen molar-refractivity contribution in [2.45, 2.75) is 13.5 Å². The van der Waals surface area contributed by atoms with E-state index < -0.39 is 0 Å². The maximum atomic E-state index is 12.2. The molecule has 1 aliphatic heterocycles. The van der Waals surface area contributed by atoms with Gasteiger partial charge in [0.2, 0.25) is 0 Å². The van der Waals surface area contributed by atoms with Crippen LogP contribution in [0.15, 0.2) is 48.5 Å². The SMILES string of the molecule is Cc1cccc(COc2cccc(C(=O)NCC3CNC3)c2)c1.Cl. The number of carbonyl (C=O) groups is 1. The molecule has 2 aromatic rings. The lowest BCUT2D eigenvalue weighted by Crippen LogP contribution is -2.48. The molecule has 128 valence electrons. The molecule has 0 spiro atoms. The molecule has 24 heavy (non-hydrogen) atoms. The van der Waals surface area contributed by atoms with Crippen LogP contribution in [-0.4, -0.2) is 25.5 Å². The summed E-state index contributed by atoms with van der Waals surface area (Å²) in [7, 11) is 0. The van der Waals surface area contributed by atoms with Crippen molar-refractivity contribution in [3.05, 3.63) is 65.2 Å². The molecule has 5 heteroatoms. The van der Waals surface area contributed by atoms with Crippen LogP contribution in [0.3, 0.4) is 0 Å². The van der Waals surface area contributed by atoms with Crippen LogP contribution < -0.4 is 15.4 Å². The lowest BCUT2D eigenvalue weighted by molar-refractivity contribution is 0.0941. The fourth-order valence-electron chi connectivity index (χ4n) is 2.53. The third kappa shape index (κ3) is 4.98. The van der Waals surface area contributed by atoms with Gasteiger partial charge in [-0.3, -0.25) is 4.79 Å². The fourth-order valence-corrected chi connectivity index (χ4v) is 2.53. The molecule has 0 aliphatic carbocycles. The van der Waals surface area contributed by atoms with Crippen molar-refractivity contribution in [3.8, 4) is 5.75 Å². The zero-order valence-electron chi connectivity index (χ0n) is 13.7. The van der Waals surface area contributed by atoms with E-state index in [0.717, 1.165) is 25.2 Å². The third-order valence-electron chi connectivity index (χ3n) is 4.00. The Balaban J connectivity index is 0.00000208. The van der Waals surface area contributed by atoms with Crippen LogP contribution in [0.1, 0.15) is 21.5 Å². The van der Waals surface area contributed by atoms with Crippen molar-refractivity contribution in [3.63, 3.8) is 0 Å². The summed E-state index contributed by atoms with van der Waals surface area (Å²) in [6, 6.07) is 15.6. The summed E-state index contributed by atoms with van der Waals surface area (Å²) in [6.45, 7) is 5.26. The molecule has 1 saturated heterocycles. The van der Waals surface area contributed by atoms with Crippen molar-refractivity contribution in [1.29, 1.82) is 0 Å². The van der Waals surface area contributed by atoms with E-state index in [1.807, 2.05) is 30.3 Å². The second-order valence-corrected chi connectivity index (χ2v) is 6.04. The second kappa shape index (κ2) is 8.71. The van der Waals surface area contributed by atoms with Crippen molar-refractivity contribution in [2.24, 2.45) is 5.92 Å². The normalized spacial score (nSPS) is 13.5. The maximum Gasteiger partial charge on any atom is 0.251 e. The zero-order valence-corrected chi connectivity index (χ0v) is 14.6. The summed E-state index contributed by atoms with van der Waals surface area (Å²) in [6.07, 6.45) is 0. The summed E-state index contributed by atoms with van der Waals surface area (Å²) in [5.74, 6) is 1.22. The number of rotatable bonds is 6. The summed E-state index contributed by atoms with van der Waals surface area (Å²) in [4.78, 5) is 12.2. The summed E-state index contributed by atoms with van der Waals surface area (Å²) in [5, 5.41) is 6.17. The van der Waals surface area contributed by atoms with Crippen molar-refractivity contribution in [2.75, 3.05) is 19.6 Å². The van der Waals surface area contributed by atoms with Gasteiger partial charge in [0.15, 0.2) is 0 Å². The number of amides is 1. The first kappa shape index (κ1) is 18.3. The number of hydrogen-bond donors (Lipinski definition) is 2. The minimum absolute atomic E-state index is 0. The number of nitrogens with one attached hydrogen (secondary N) is 2. The van der Waals surface area contributed by atoms with Gasteiger partial charge in [-0.2, -0.15) is 0 Å². The van der Waals surface area contributed by atoms with E-state index in [4.69, 9.17) is 4.74 Å². The van der Waals surface area contributed by atoms with Gasteiger partial charge >= 0.3 is 0 Å². The van der Waals surface area contributed by atoms with Crippen LogP contribution in [0.5, 0.6) is 5.75 Å². The molecule has 3 rings (SSSR count). The van der Waals surface area contributed by atoms with Gasteiger partial charge in [0.25, 0.3) is 5.91 Å². The van der Waals surface area contributed by atoms with Gasteiger partial charge in [0.1, 0.15) is 12.4 Å². The molecule has 2 aromatic carbocycles. The van der Waals surface area contributed by atoms with Gasteiger partial charge in [-0.15, -0.1) is 12.4 Å². The van der Waals surface area contributed by atoms with E-state index in [1.54, 1.807) is 6.07 Å². The molecule has 0 bridgehead atoms. The van der Waals surface area contributed by atoms with Gasteiger partial charge in [-0.05, 0) is 30.7 Å². The highest BCUT2D eigenvalue weighted by molar-refractivity contribution is 5.94. The predicted octanol–water partition coefficient (Wildman–Crippen LogP) is 2.95. The molecule has 1 fully saturated rings. The Hall–Kier alpha value is -2.04. The lowest BCUT2D eigenvalue weighted by atomic mass is 10.0. The van der Waals surface area contributed by atoms with Crippen molar-refractivity contribution in [1.82, 2.24) is 10.6 Å². The minimum atomic E-state index is -0.0436. The van der Waals surface area contributed by atoms with Gasteiger partial charge in [-0.1, -0.05) is 35.9 Å². The topological polar surface area (TPSA) is 50.4 Å². The largest absolute Gasteiger partial charge is 0.489 e. The second-order valence-electron chi connectivity index (χ2n) is 6.04. The Morgan fingerprint density at radius 2 is 2.00 bits per heavy atom. The Bertz CT molecular complexity index is 687. The van der Waals surface area contributed by atoms with E-state index in [0.29, 0.717) is 23.8 Å². The summed E-state index contributed by atoms with van der Waals surface area (Å²) < 4.78 is 5.81. The molecular weight excluding hydrogens is 324 g/mol. The van der Waals surface area contributed by atoms with E-state index >= 15 is 0 Å². The number of carbonyl (C=O) groups excluding carboxylic acids is 1. The zero-order chi connectivity index (χ0) is 16.1. The van der Waals surface area contributed by atoms with Crippen LogP contribution >= 0.6 is 12.4 Å². The van der Waals surface area contributed by atoms with Gasteiger partial charge in [0.05, 0.1) is 0 Å². The number of ether oxygens (including phenoxy) is 1. The minimum Gasteiger partial charge on any atom is -0.489 e. The van der Waals surface area contributed by atoms with E-state index in [-0.39, 0.29) is 18.3 Å². The molecule has 4 nitrogen and oxygen atoms in total. The molecule has 1 aliphatic rings. The first-order valence-corrected chi connectivity index (χ1v) is 7.98. The Morgan fingerprint density at radius 1 is 1.21 bits per heavy atom. The highest BCUT2D eigenvalue weighted by Gasteiger charge is 2.17. The molecule has 0 atom stereocenters. The van der Waals surface area contributed by atoms with Crippen LogP contribution in [-0.2, 0) is 6.61 Å². The summed E-state index contributed by atoms with van der Waals surface area (Å²) >= 11 is 0. The molecule has 0 unspecified atom stereocenters. The van der Waals surface area contributed by atoms with Crippen LogP contribution in [0.4, 0.5) is 0 Å². The first-order valence-electron chi connectivity index (χ1n) is 7.98. The monoisotopic (exact) mass is 346 g/mol. The number of aryl methyl sites for hydroxylation is 1. The molecular formula is C19H23ClN2O2. The van der Waals surface area contributed by atoms with Crippen molar-refractivity contribution < 1.29 is 9.53 Å². The average molecular weight is 347 g/mol. The number of benzene rings is 2. The highest BCUT2D eigenvalue weighted by Crippen LogP contribution is 2.16. The van der Waals surface area contributed by atoms with E-state index in [2.05, 4.69) is 29.7 Å². The smallest absolute Gasteiger partial charge is 0.251 e. The van der Waals surface area contributed by atoms with Crippen LogP contribution in [0, 0.1) is 12.8 Å². The van der Waals surface area contributed by atoms with Crippen LogP contribution in [0.25, 0.3) is 0 Å². The van der Waals surface area contributed by atoms with Gasteiger partial charge in [-0.25, -0.2) is 0 Å². The maximum absolute atomic E-state index is 12.2. The number of hydrogen-bond acceptors (Lipinski definition) is 3. The molecule has 2 N–H and O–H groups in total. The Labute approximate surface area is 149 Å². The molecule has 1 heterocycles. The predicted molar refractivity (Wildman–Crippen MR) is 97.9 cm³/mol. The molecule has 0 aromatic heterocycles. The van der Waals surface area contributed by atoms with E-state index in [9.17, 15) is 4.79 Å².